The Morgan fingerprint density at radius 3 is 2.76 bits per heavy atom. The molecule has 1 fully saturated rings. The zero-order valence-electron chi connectivity index (χ0n) is 10.6. The van der Waals surface area contributed by atoms with Gasteiger partial charge in [-0.15, -0.1) is 0 Å². The number of carbonyl (C=O) groups is 2. The summed E-state index contributed by atoms with van der Waals surface area (Å²) in [6, 6.07) is -0.386. The molecule has 0 aromatic rings. The molecule has 17 heavy (non-hydrogen) atoms. The second-order valence-corrected chi connectivity index (χ2v) is 4.48. The third kappa shape index (κ3) is 3.43. The number of nitrogens with zero attached hydrogens (tertiary/aromatic N) is 1. The highest BCUT2D eigenvalue weighted by atomic mass is 16.5. The van der Waals surface area contributed by atoms with Crippen LogP contribution in [-0.2, 0) is 14.3 Å². The van der Waals surface area contributed by atoms with E-state index in [2.05, 4.69) is 0 Å². The number of likely N-dealkylation sites (tertiary alicyclic amines) is 1. The van der Waals surface area contributed by atoms with Crippen molar-refractivity contribution >= 4 is 11.9 Å². The van der Waals surface area contributed by atoms with Crippen LogP contribution in [-0.4, -0.2) is 43.0 Å². The molecule has 0 aliphatic carbocycles. The Balaban J connectivity index is 2.58. The highest BCUT2D eigenvalue weighted by Gasteiger charge is 2.34. The first-order valence-electron chi connectivity index (χ1n) is 6.21. The summed E-state index contributed by atoms with van der Waals surface area (Å²) in [6.07, 6.45) is 2.89. The van der Waals surface area contributed by atoms with Gasteiger partial charge < -0.3 is 15.4 Å². The Bertz CT molecular complexity index is 277. The molecule has 1 heterocycles. The predicted molar refractivity (Wildman–Crippen MR) is 64.2 cm³/mol. The van der Waals surface area contributed by atoms with Crippen LogP contribution < -0.4 is 5.73 Å². The van der Waals surface area contributed by atoms with Crippen LogP contribution in [0.5, 0.6) is 0 Å². The molecule has 1 rings (SSSR count). The second kappa shape index (κ2) is 6.59. The molecule has 2 unspecified atom stereocenters. The van der Waals surface area contributed by atoms with E-state index in [4.69, 9.17) is 10.5 Å². The highest BCUT2D eigenvalue weighted by Crippen LogP contribution is 2.21. The van der Waals surface area contributed by atoms with Crippen molar-refractivity contribution in [2.75, 3.05) is 20.2 Å². The fraction of sp³-hybridized carbons (Fsp3) is 0.833. The van der Waals surface area contributed by atoms with E-state index in [0.717, 1.165) is 12.8 Å². The fourth-order valence-corrected chi connectivity index (χ4v) is 2.20. The monoisotopic (exact) mass is 242 g/mol. The third-order valence-corrected chi connectivity index (χ3v) is 3.42. The molecule has 1 aliphatic heterocycles. The van der Waals surface area contributed by atoms with Crippen molar-refractivity contribution in [3.8, 4) is 0 Å². The zero-order valence-corrected chi connectivity index (χ0v) is 10.6. The standard InChI is InChI=1S/C12H22N2O3/c1-3-9(8-13)7-11(15)14-6-4-5-10(14)12(16)17-2/h9-10H,3-8,13H2,1-2H3. The molecule has 2 N–H and O–H groups in total. The quantitative estimate of drug-likeness (QED) is 0.714. The molecular weight excluding hydrogens is 220 g/mol. The average molecular weight is 242 g/mol. The lowest BCUT2D eigenvalue weighted by molar-refractivity contribution is -0.151. The SMILES string of the molecule is CCC(CN)CC(=O)N1CCCC1C(=O)OC. The van der Waals surface area contributed by atoms with Crippen LogP contribution in [0, 0.1) is 5.92 Å². The number of hydrogen-bond donors (Lipinski definition) is 1. The smallest absolute Gasteiger partial charge is 0.328 e. The second-order valence-electron chi connectivity index (χ2n) is 4.48. The number of esters is 1. The predicted octanol–water partition coefficient (Wildman–Crippen LogP) is 0.525. The van der Waals surface area contributed by atoms with Gasteiger partial charge in [-0.25, -0.2) is 4.79 Å². The fourth-order valence-electron chi connectivity index (χ4n) is 2.20. The van der Waals surface area contributed by atoms with Crippen molar-refractivity contribution < 1.29 is 14.3 Å². The number of hydrogen-bond acceptors (Lipinski definition) is 4. The summed E-state index contributed by atoms with van der Waals surface area (Å²) in [4.78, 5) is 25.2. The number of ether oxygens (including phenoxy) is 1. The summed E-state index contributed by atoms with van der Waals surface area (Å²) in [7, 11) is 1.36. The number of nitrogens with two attached hydrogens (primary N) is 1. The lowest BCUT2D eigenvalue weighted by Crippen LogP contribution is -2.42. The minimum atomic E-state index is -0.386. The van der Waals surface area contributed by atoms with Gasteiger partial charge in [-0.1, -0.05) is 13.3 Å². The maximum absolute atomic E-state index is 12.1. The summed E-state index contributed by atoms with van der Waals surface area (Å²) in [5, 5.41) is 0. The molecule has 0 bridgehead atoms. The van der Waals surface area contributed by atoms with Crippen LogP contribution in [0.3, 0.4) is 0 Å². The largest absolute Gasteiger partial charge is 0.467 e. The van der Waals surface area contributed by atoms with Gasteiger partial charge in [0.25, 0.3) is 0 Å². The summed E-state index contributed by atoms with van der Waals surface area (Å²) in [5.74, 6) is -0.0757. The Morgan fingerprint density at radius 2 is 2.24 bits per heavy atom. The Morgan fingerprint density at radius 1 is 1.53 bits per heavy atom. The van der Waals surface area contributed by atoms with Crippen LogP contribution in [0.4, 0.5) is 0 Å². The molecule has 0 aromatic carbocycles. The number of methoxy groups -OCH3 is 1. The van der Waals surface area contributed by atoms with E-state index in [0.29, 0.717) is 25.9 Å². The van der Waals surface area contributed by atoms with Crippen molar-refractivity contribution in [2.45, 2.75) is 38.6 Å². The normalized spacial score (nSPS) is 21.4. The minimum Gasteiger partial charge on any atom is -0.467 e. The van der Waals surface area contributed by atoms with E-state index in [1.165, 1.54) is 7.11 Å². The molecule has 0 radical (unpaired) electrons. The van der Waals surface area contributed by atoms with Gasteiger partial charge in [-0.3, -0.25) is 4.79 Å². The molecule has 0 saturated carbocycles. The van der Waals surface area contributed by atoms with Crippen molar-refractivity contribution in [1.29, 1.82) is 0 Å². The van der Waals surface area contributed by atoms with Gasteiger partial charge in [0.15, 0.2) is 0 Å². The van der Waals surface area contributed by atoms with Crippen molar-refractivity contribution in [1.82, 2.24) is 4.90 Å². The van der Waals surface area contributed by atoms with Crippen LogP contribution in [0.25, 0.3) is 0 Å². The van der Waals surface area contributed by atoms with Crippen LogP contribution >= 0.6 is 0 Å². The lowest BCUT2D eigenvalue weighted by atomic mass is 10.0. The number of amides is 1. The first kappa shape index (κ1) is 14.0. The molecule has 1 aliphatic rings. The van der Waals surface area contributed by atoms with E-state index < -0.39 is 0 Å². The van der Waals surface area contributed by atoms with Gasteiger partial charge >= 0.3 is 5.97 Å². The molecule has 5 nitrogen and oxygen atoms in total. The van der Waals surface area contributed by atoms with E-state index in [9.17, 15) is 9.59 Å². The minimum absolute atomic E-state index is 0.0233. The topological polar surface area (TPSA) is 72.6 Å². The van der Waals surface area contributed by atoms with E-state index in [1.54, 1.807) is 4.90 Å². The lowest BCUT2D eigenvalue weighted by Gasteiger charge is -2.24. The molecule has 0 spiro atoms. The maximum Gasteiger partial charge on any atom is 0.328 e. The summed E-state index contributed by atoms with van der Waals surface area (Å²) < 4.78 is 4.71. The summed E-state index contributed by atoms with van der Waals surface area (Å²) in [5.41, 5.74) is 5.59. The summed E-state index contributed by atoms with van der Waals surface area (Å²) in [6.45, 7) is 3.19. The Labute approximate surface area is 102 Å². The highest BCUT2D eigenvalue weighted by molar-refractivity contribution is 5.85. The Hall–Kier alpha value is -1.10. The molecule has 98 valence electrons. The Kier molecular flexibility index (Phi) is 5.41. The van der Waals surface area contributed by atoms with Gasteiger partial charge in [0.05, 0.1) is 7.11 Å². The number of rotatable bonds is 5. The van der Waals surface area contributed by atoms with Crippen LogP contribution in [0.15, 0.2) is 0 Å². The van der Waals surface area contributed by atoms with Gasteiger partial charge in [0.1, 0.15) is 6.04 Å². The molecule has 5 heteroatoms. The van der Waals surface area contributed by atoms with Crippen molar-refractivity contribution in [2.24, 2.45) is 11.7 Å². The first-order valence-corrected chi connectivity index (χ1v) is 6.21. The van der Waals surface area contributed by atoms with Gasteiger partial charge in [0, 0.05) is 13.0 Å². The van der Waals surface area contributed by atoms with E-state index >= 15 is 0 Å². The number of carbonyl (C=O) groups excluding carboxylic acids is 2. The van der Waals surface area contributed by atoms with Crippen LogP contribution in [0.1, 0.15) is 32.6 Å². The van der Waals surface area contributed by atoms with E-state index in [-0.39, 0.29) is 23.8 Å². The van der Waals surface area contributed by atoms with Crippen molar-refractivity contribution in [3.05, 3.63) is 0 Å². The molecule has 2 atom stereocenters. The van der Waals surface area contributed by atoms with Gasteiger partial charge in [-0.2, -0.15) is 0 Å². The van der Waals surface area contributed by atoms with E-state index in [1.807, 2.05) is 6.92 Å². The molecular formula is C12H22N2O3. The zero-order chi connectivity index (χ0) is 12.8. The first-order chi connectivity index (χ1) is 8.13. The molecule has 0 aromatic heterocycles. The average Bonchev–Trinajstić information content (AvgIpc) is 2.83. The molecule has 1 saturated heterocycles. The van der Waals surface area contributed by atoms with Crippen molar-refractivity contribution in [3.63, 3.8) is 0 Å². The summed E-state index contributed by atoms with van der Waals surface area (Å²) >= 11 is 0. The molecule has 1 amide bonds. The third-order valence-electron chi connectivity index (χ3n) is 3.42. The van der Waals surface area contributed by atoms with Crippen LogP contribution in [0.2, 0.25) is 0 Å². The van der Waals surface area contributed by atoms with Gasteiger partial charge in [0.2, 0.25) is 5.91 Å². The maximum atomic E-state index is 12.1. The van der Waals surface area contributed by atoms with Gasteiger partial charge in [-0.05, 0) is 25.3 Å².